The maximum atomic E-state index is 12.4. The molecule has 136 valence electrons. The van der Waals surface area contributed by atoms with Crippen molar-refractivity contribution in [1.82, 2.24) is 5.32 Å². The van der Waals surface area contributed by atoms with Crippen molar-refractivity contribution in [3.63, 3.8) is 0 Å². The van der Waals surface area contributed by atoms with Gasteiger partial charge in [-0.3, -0.25) is 9.59 Å². The Labute approximate surface area is 154 Å². The van der Waals surface area contributed by atoms with Crippen LogP contribution in [0.1, 0.15) is 55.3 Å². The summed E-state index contributed by atoms with van der Waals surface area (Å²) in [5.41, 5.74) is 10.5. The normalized spacial score (nSPS) is 16.0. The molecule has 0 aliphatic heterocycles. The van der Waals surface area contributed by atoms with Crippen molar-refractivity contribution in [1.29, 1.82) is 0 Å². The molecule has 2 amide bonds. The van der Waals surface area contributed by atoms with Gasteiger partial charge in [-0.2, -0.15) is 0 Å². The molecule has 0 radical (unpaired) electrons. The Hall–Kier alpha value is -2.82. The van der Waals surface area contributed by atoms with E-state index in [9.17, 15) is 9.59 Å². The molecule has 2 aromatic rings. The first kappa shape index (κ1) is 18.0. The van der Waals surface area contributed by atoms with Gasteiger partial charge in [0.1, 0.15) is 0 Å². The summed E-state index contributed by atoms with van der Waals surface area (Å²) in [6, 6.07) is 13.1. The molecule has 4 N–H and O–H groups in total. The van der Waals surface area contributed by atoms with Gasteiger partial charge < -0.3 is 16.4 Å². The topological polar surface area (TPSA) is 84.2 Å². The van der Waals surface area contributed by atoms with Crippen LogP contribution in [-0.2, 0) is 16.0 Å². The molecule has 1 unspecified atom stereocenters. The molecule has 26 heavy (non-hydrogen) atoms. The molecule has 0 heterocycles. The second-order valence-electron chi connectivity index (χ2n) is 7.07. The second kappa shape index (κ2) is 7.60. The zero-order valence-corrected chi connectivity index (χ0v) is 15.2. The van der Waals surface area contributed by atoms with Crippen LogP contribution in [0.5, 0.6) is 0 Å². The number of amides is 2. The Morgan fingerprint density at radius 2 is 1.88 bits per heavy atom. The molecule has 1 aliphatic rings. The number of aryl methyl sites for hydroxylation is 1. The molecule has 5 nitrogen and oxygen atoms in total. The van der Waals surface area contributed by atoms with E-state index in [1.54, 1.807) is 0 Å². The lowest BCUT2D eigenvalue weighted by molar-refractivity contribution is -0.136. The van der Waals surface area contributed by atoms with Crippen LogP contribution in [0, 0.1) is 0 Å². The average Bonchev–Trinajstić information content (AvgIpc) is 2.61. The zero-order chi connectivity index (χ0) is 18.7. The monoisotopic (exact) mass is 351 g/mol. The van der Waals surface area contributed by atoms with Gasteiger partial charge in [-0.25, -0.2) is 0 Å². The van der Waals surface area contributed by atoms with E-state index in [4.69, 9.17) is 5.73 Å². The number of nitrogens with one attached hydrogen (secondary N) is 2. The Morgan fingerprint density at radius 1 is 1.12 bits per heavy atom. The van der Waals surface area contributed by atoms with Crippen LogP contribution in [0.3, 0.4) is 0 Å². The molecule has 0 bridgehead atoms. The summed E-state index contributed by atoms with van der Waals surface area (Å²) in [6.07, 6.45) is 2.72. The average molecular weight is 351 g/mol. The van der Waals surface area contributed by atoms with Gasteiger partial charge in [0.15, 0.2) is 0 Å². The van der Waals surface area contributed by atoms with Crippen LogP contribution in [0.25, 0.3) is 0 Å². The molecule has 0 fully saturated rings. The van der Waals surface area contributed by atoms with Crippen LogP contribution in [0.2, 0.25) is 0 Å². The summed E-state index contributed by atoms with van der Waals surface area (Å²) >= 11 is 0. The van der Waals surface area contributed by atoms with Crippen LogP contribution >= 0.6 is 0 Å². The predicted octanol–water partition coefficient (Wildman–Crippen LogP) is 3.52. The van der Waals surface area contributed by atoms with E-state index in [-0.39, 0.29) is 12.0 Å². The van der Waals surface area contributed by atoms with Gasteiger partial charge in [-0.15, -0.1) is 0 Å². The summed E-state index contributed by atoms with van der Waals surface area (Å²) in [6.45, 7) is 4.10. The Morgan fingerprint density at radius 3 is 2.65 bits per heavy atom. The van der Waals surface area contributed by atoms with Gasteiger partial charge in [0.2, 0.25) is 0 Å². The third kappa shape index (κ3) is 3.87. The molecule has 0 saturated heterocycles. The predicted molar refractivity (Wildman–Crippen MR) is 104 cm³/mol. The number of nitrogen functional groups attached to an aromatic ring is 1. The summed E-state index contributed by atoms with van der Waals surface area (Å²) in [5.74, 6) is -0.996. The van der Waals surface area contributed by atoms with Crippen LogP contribution in [0.4, 0.5) is 11.4 Å². The number of hydrogen-bond acceptors (Lipinski definition) is 3. The fourth-order valence-electron chi connectivity index (χ4n) is 3.50. The minimum atomic E-state index is -0.638. The lowest BCUT2D eigenvalue weighted by Crippen LogP contribution is -2.39. The lowest BCUT2D eigenvalue weighted by Gasteiger charge is -2.26. The van der Waals surface area contributed by atoms with Gasteiger partial charge in [0.25, 0.3) is 0 Å². The van der Waals surface area contributed by atoms with E-state index >= 15 is 0 Å². The Bertz CT molecular complexity index is 830. The SMILES string of the molecule is CC(C)c1ccccc1NC(=O)C(=O)NC1CCCc2cc(N)ccc21. The van der Waals surface area contributed by atoms with Crippen molar-refractivity contribution in [3.8, 4) is 0 Å². The van der Waals surface area contributed by atoms with Gasteiger partial charge in [0.05, 0.1) is 6.04 Å². The lowest BCUT2D eigenvalue weighted by atomic mass is 9.87. The summed E-state index contributed by atoms with van der Waals surface area (Å²) in [7, 11) is 0. The molecule has 0 saturated carbocycles. The molecule has 2 aromatic carbocycles. The number of anilines is 2. The van der Waals surface area contributed by atoms with Crippen molar-refractivity contribution in [2.24, 2.45) is 0 Å². The Kier molecular flexibility index (Phi) is 5.26. The van der Waals surface area contributed by atoms with Gasteiger partial charge in [0, 0.05) is 11.4 Å². The molecule has 5 heteroatoms. The minimum Gasteiger partial charge on any atom is -0.399 e. The van der Waals surface area contributed by atoms with E-state index in [1.807, 2.05) is 42.5 Å². The number of hydrogen-bond donors (Lipinski definition) is 3. The van der Waals surface area contributed by atoms with Crippen molar-refractivity contribution in [3.05, 3.63) is 59.2 Å². The summed E-state index contributed by atoms with van der Waals surface area (Å²) in [5, 5.41) is 5.61. The number of fused-ring (bicyclic) bond motifs is 1. The minimum absolute atomic E-state index is 0.155. The molecule has 1 aliphatic carbocycles. The highest BCUT2D eigenvalue weighted by Crippen LogP contribution is 2.31. The number of rotatable bonds is 3. The van der Waals surface area contributed by atoms with Crippen molar-refractivity contribution < 1.29 is 9.59 Å². The number of benzene rings is 2. The Balaban J connectivity index is 1.71. The number of carbonyl (C=O) groups excluding carboxylic acids is 2. The largest absolute Gasteiger partial charge is 0.399 e. The fourth-order valence-corrected chi connectivity index (χ4v) is 3.50. The highest BCUT2D eigenvalue weighted by molar-refractivity contribution is 6.39. The first-order valence-electron chi connectivity index (χ1n) is 9.04. The smallest absolute Gasteiger partial charge is 0.313 e. The summed E-state index contributed by atoms with van der Waals surface area (Å²) < 4.78 is 0. The first-order valence-corrected chi connectivity index (χ1v) is 9.04. The van der Waals surface area contributed by atoms with Crippen molar-refractivity contribution in [2.45, 2.75) is 45.1 Å². The van der Waals surface area contributed by atoms with E-state index in [0.717, 1.165) is 41.6 Å². The standard InChI is InChI=1S/C21H25N3O2/c1-13(2)16-7-3-4-8-18(16)23-20(25)21(26)24-19-9-5-6-14-12-15(22)10-11-17(14)19/h3-4,7-8,10-13,19H,5-6,9,22H2,1-2H3,(H,23,25)(H,24,26). The maximum Gasteiger partial charge on any atom is 0.313 e. The van der Waals surface area contributed by atoms with E-state index in [2.05, 4.69) is 24.5 Å². The second-order valence-corrected chi connectivity index (χ2v) is 7.07. The van der Waals surface area contributed by atoms with Crippen LogP contribution < -0.4 is 16.4 Å². The zero-order valence-electron chi connectivity index (χ0n) is 15.2. The molecular formula is C21H25N3O2. The molecule has 0 spiro atoms. The fraction of sp³-hybridized carbons (Fsp3) is 0.333. The van der Waals surface area contributed by atoms with Crippen molar-refractivity contribution in [2.75, 3.05) is 11.1 Å². The van der Waals surface area contributed by atoms with E-state index in [0.29, 0.717) is 5.69 Å². The van der Waals surface area contributed by atoms with E-state index < -0.39 is 11.8 Å². The maximum absolute atomic E-state index is 12.4. The van der Waals surface area contributed by atoms with Crippen molar-refractivity contribution >= 4 is 23.2 Å². The summed E-state index contributed by atoms with van der Waals surface area (Å²) in [4.78, 5) is 24.8. The molecule has 0 aromatic heterocycles. The molecular weight excluding hydrogens is 326 g/mol. The van der Waals surface area contributed by atoms with Crippen LogP contribution in [0.15, 0.2) is 42.5 Å². The quantitative estimate of drug-likeness (QED) is 0.584. The molecule has 3 rings (SSSR count). The van der Waals surface area contributed by atoms with Gasteiger partial charge >= 0.3 is 11.8 Å². The highest BCUT2D eigenvalue weighted by atomic mass is 16.2. The van der Waals surface area contributed by atoms with Gasteiger partial charge in [-0.1, -0.05) is 38.1 Å². The highest BCUT2D eigenvalue weighted by Gasteiger charge is 2.25. The number of nitrogens with two attached hydrogens (primary N) is 1. The van der Waals surface area contributed by atoms with Gasteiger partial charge in [-0.05, 0) is 60.1 Å². The van der Waals surface area contributed by atoms with Crippen LogP contribution in [-0.4, -0.2) is 11.8 Å². The number of carbonyl (C=O) groups is 2. The third-order valence-corrected chi connectivity index (χ3v) is 4.82. The number of para-hydroxylation sites is 1. The first-order chi connectivity index (χ1) is 12.5. The van der Waals surface area contributed by atoms with E-state index in [1.165, 1.54) is 0 Å². The molecule has 1 atom stereocenters. The third-order valence-electron chi connectivity index (χ3n) is 4.82.